The molecule has 0 aromatic heterocycles. The van der Waals surface area contributed by atoms with Crippen LogP contribution < -0.4 is 17.0 Å². The summed E-state index contributed by atoms with van der Waals surface area (Å²) in [4.78, 5) is 11.7. The van der Waals surface area contributed by atoms with Crippen molar-refractivity contribution in [1.29, 1.82) is 0 Å². The fraction of sp³-hybridized carbons (Fsp3) is 0.967. The van der Waals surface area contributed by atoms with E-state index in [2.05, 4.69) is 27.9 Å². The molecule has 0 N–H and O–H groups in total. The lowest BCUT2D eigenvalue weighted by Crippen LogP contribution is -3.00. The summed E-state index contributed by atoms with van der Waals surface area (Å²) in [5.41, 5.74) is 0. The first kappa shape index (κ1) is 37.0. The minimum atomic E-state index is -0.0750. The molecule has 0 saturated carbocycles. The molecule has 0 heterocycles. The molecule has 0 aromatic carbocycles. The SMILES string of the molecule is CCCCCCCCCCCCCCCC[N+](C)(C)CCOCCOC(=O)CCCCCCC.[Br-]. The van der Waals surface area contributed by atoms with Gasteiger partial charge in [-0.3, -0.25) is 4.79 Å². The molecule has 0 bridgehead atoms. The molecule has 0 atom stereocenters. The molecule has 0 spiro atoms. The van der Waals surface area contributed by atoms with E-state index in [0.29, 0.717) is 19.6 Å². The molecule has 0 saturated heterocycles. The molecule has 0 amide bonds. The number of likely N-dealkylation sites (N-methyl/N-ethyl adjacent to an activating group) is 1. The van der Waals surface area contributed by atoms with Crippen molar-refractivity contribution in [3.05, 3.63) is 0 Å². The van der Waals surface area contributed by atoms with Crippen LogP contribution in [0.5, 0.6) is 0 Å². The Bertz CT molecular complexity index is 432. The number of rotatable bonds is 27. The zero-order valence-corrected chi connectivity index (χ0v) is 25.8. The zero-order valence-electron chi connectivity index (χ0n) is 24.2. The van der Waals surface area contributed by atoms with Gasteiger partial charge in [-0.25, -0.2) is 0 Å². The van der Waals surface area contributed by atoms with E-state index in [1.54, 1.807) is 0 Å². The van der Waals surface area contributed by atoms with Crippen LogP contribution in [-0.2, 0) is 14.3 Å². The summed E-state index contributed by atoms with van der Waals surface area (Å²) in [7, 11) is 4.59. The standard InChI is InChI=1S/C30H62NO3.BrH/c1-5-7-9-11-12-13-14-15-16-17-18-19-21-23-25-31(3,4)26-27-33-28-29-34-30(32)24-22-20-10-8-6-2;/h5-29H2,1-4H3;1H/q+1;/p-1. The molecule has 0 aliphatic rings. The Labute approximate surface area is 230 Å². The largest absolute Gasteiger partial charge is 1.00 e. The molecule has 4 nitrogen and oxygen atoms in total. The summed E-state index contributed by atoms with van der Waals surface area (Å²) < 4.78 is 12.0. The van der Waals surface area contributed by atoms with Gasteiger partial charge in [0.2, 0.25) is 0 Å². The first-order valence-electron chi connectivity index (χ1n) is 15.1. The lowest BCUT2D eigenvalue weighted by atomic mass is 10.0. The van der Waals surface area contributed by atoms with E-state index in [1.165, 1.54) is 116 Å². The average molecular weight is 565 g/mol. The zero-order chi connectivity index (χ0) is 25.2. The predicted molar refractivity (Wildman–Crippen MR) is 147 cm³/mol. The summed E-state index contributed by atoms with van der Waals surface area (Å²) in [5.74, 6) is -0.0750. The number of hydrogen-bond donors (Lipinski definition) is 0. The smallest absolute Gasteiger partial charge is 0.305 e. The van der Waals surface area contributed by atoms with Gasteiger partial charge in [-0.05, 0) is 19.3 Å². The van der Waals surface area contributed by atoms with Gasteiger partial charge in [-0.2, -0.15) is 0 Å². The second-order valence-electron chi connectivity index (χ2n) is 11.0. The van der Waals surface area contributed by atoms with Crippen molar-refractivity contribution in [3.8, 4) is 0 Å². The van der Waals surface area contributed by atoms with E-state index in [4.69, 9.17) is 9.47 Å². The first-order chi connectivity index (χ1) is 16.5. The van der Waals surface area contributed by atoms with Crippen molar-refractivity contribution in [2.24, 2.45) is 0 Å². The van der Waals surface area contributed by atoms with Gasteiger partial charge < -0.3 is 30.9 Å². The topological polar surface area (TPSA) is 35.5 Å². The number of carbonyl (C=O) groups excluding carboxylic acids is 1. The summed E-state index contributed by atoms with van der Waals surface area (Å²) in [6, 6.07) is 0. The van der Waals surface area contributed by atoms with Gasteiger partial charge in [0.1, 0.15) is 13.2 Å². The van der Waals surface area contributed by atoms with Gasteiger partial charge >= 0.3 is 5.97 Å². The monoisotopic (exact) mass is 563 g/mol. The third-order valence-corrected chi connectivity index (χ3v) is 6.93. The van der Waals surface area contributed by atoms with E-state index in [9.17, 15) is 4.79 Å². The summed E-state index contributed by atoms with van der Waals surface area (Å²) >= 11 is 0. The molecular formula is C30H62BrNO3. The van der Waals surface area contributed by atoms with Crippen LogP contribution in [0.2, 0.25) is 0 Å². The number of unbranched alkanes of at least 4 members (excludes halogenated alkanes) is 17. The molecule has 0 unspecified atom stereocenters. The van der Waals surface area contributed by atoms with Crippen molar-refractivity contribution >= 4 is 5.97 Å². The molecule has 212 valence electrons. The van der Waals surface area contributed by atoms with Crippen LogP contribution in [0.3, 0.4) is 0 Å². The number of quaternary nitrogens is 1. The average Bonchev–Trinajstić information content (AvgIpc) is 2.81. The maximum Gasteiger partial charge on any atom is 0.305 e. The number of ether oxygens (including phenoxy) is 2. The first-order valence-corrected chi connectivity index (χ1v) is 15.1. The highest BCUT2D eigenvalue weighted by Crippen LogP contribution is 2.13. The number of esters is 1. The molecule has 0 aliphatic carbocycles. The van der Waals surface area contributed by atoms with Crippen molar-refractivity contribution in [2.75, 3.05) is 47.0 Å². The van der Waals surface area contributed by atoms with E-state index < -0.39 is 0 Å². The third kappa shape index (κ3) is 30.0. The highest BCUT2D eigenvalue weighted by molar-refractivity contribution is 5.69. The summed E-state index contributed by atoms with van der Waals surface area (Å²) in [5, 5.41) is 0. The fourth-order valence-corrected chi connectivity index (χ4v) is 4.42. The Morgan fingerprint density at radius 2 is 0.971 bits per heavy atom. The molecule has 0 fully saturated rings. The number of nitrogens with zero attached hydrogens (tertiary/aromatic N) is 1. The minimum Gasteiger partial charge on any atom is -1.00 e. The lowest BCUT2D eigenvalue weighted by molar-refractivity contribution is -0.891. The summed E-state index contributed by atoms with van der Waals surface area (Å²) in [6.07, 6.45) is 26.1. The van der Waals surface area contributed by atoms with Gasteiger partial charge in [0.05, 0.1) is 33.9 Å². The number of carbonyl (C=O) groups is 1. The van der Waals surface area contributed by atoms with Gasteiger partial charge in [0, 0.05) is 6.42 Å². The van der Waals surface area contributed by atoms with Crippen LogP contribution in [0.15, 0.2) is 0 Å². The van der Waals surface area contributed by atoms with Gasteiger partial charge in [-0.1, -0.05) is 117 Å². The van der Waals surface area contributed by atoms with Crippen LogP contribution in [0.25, 0.3) is 0 Å². The Morgan fingerprint density at radius 3 is 1.46 bits per heavy atom. The van der Waals surface area contributed by atoms with Gasteiger partial charge in [0.25, 0.3) is 0 Å². The van der Waals surface area contributed by atoms with Crippen LogP contribution in [0, 0.1) is 0 Å². The maximum absolute atomic E-state index is 11.7. The molecule has 5 heteroatoms. The fourth-order valence-electron chi connectivity index (χ4n) is 4.42. The van der Waals surface area contributed by atoms with Crippen molar-refractivity contribution in [2.45, 2.75) is 142 Å². The Kier molecular flexibility index (Phi) is 30.1. The van der Waals surface area contributed by atoms with Crippen LogP contribution >= 0.6 is 0 Å². The van der Waals surface area contributed by atoms with Crippen molar-refractivity contribution in [1.82, 2.24) is 0 Å². The second-order valence-corrected chi connectivity index (χ2v) is 11.0. The van der Waals surface area contributed by atoms with Crippen LogP contribution in [0.1, 0.15) is 142 Å². The van der Waals surface area contributed by atoms with E-state index >= 15 is 0 Å². The predicted octanol–water partition coefficient (Wildman–Crippen LogP) is 5.47. The number of halogens is 1. The number of hydrogen-bond acceptors (Lipinski definition) is 3. The summed E-state index contributed by atoms with van der Waals surface area (Å²) in [6.45, 7) is 8.37. The van der Waals surface area contributed by atoms with E-state index in [1.807, 2.05) is 0 Å². The highest BCUT2D eigenvalue weighted by atomic mass is 79.9. The lowest BCUT2D eigenvalue weighted by Gasteiger charge is -2.29. The quantitative estimate of drug-likeness (QED) is 0.0755. The minimum absolute atomic E-state index is 0. The normalized spacial score (nSPS) is 11.4. The third-order valence-electron chi connectivity index (χ3n) is 6.93. The van der Waals surface area contributed by atoms with Crippen LogP contribution in [-0.4, -0.2) is 57.5 Å². The molecule has 0 aromatic rings. The Hall–Kier alpha value is -0.130. The highest BCUT2D eigenvalue weighted by Gasteiger charge is 2.14. The Balaban J connectivity index is 0. The molecule has 35 heavy (non-hydrogen) atoms. The van der Waals surface area contributed by atoms with E-state index in [0.717, 1.165) is 30.5 Å². The molecule has 0 radical (unpaired) electrons. The van der Waals surface area contributed by atoms with Crippen LogP contribution in [0.4, 0.5) is 0 Å². The van der Waals surface area contributed by atoms with Gasteiger partial charge in [-0.15, -0.1) is 0 Å². The van der Waals surface area contributed by atoms with Gasteiger partial charge in [0.15, 0.2) is 0 Å². The second kappa shape index (κ2) is 28.4. The Morgan fingerprint density at radius 1 is 0.543 bits per heavy atom. The van der Waals surface area contributed by atoms with Crippen molar-refractivity contribution < 1.29 is 35.7 Å². The van der Waals surface area contributed by atoms with Crippen molar-refractivity contribution in [3.63, 3.8) is 0 Å². The molecular weight excluding hydrogens is 502 g/mol. The maximum atomic E-state index is 11.7. The molecule has 0 aliphatic heterocycles. The van der Waals surface area contributed by atoms with E-state index in [-0.39, 0.29) is 23.0 Å². The molecule has 0 rings (SSSR count).